The number of hydrogen-bond donors (Lipinski definition) is 1. The van der Waals surface area contributed by atoms with E-state index in [1.54, 1.807) is 0 Å². The SMILES string of the molecule is FC(F)(F)C1CCCCC1c1nc(-c2ncn[nH]2)no1. The summed E-state index contributed by atoms with van der Waals surface area (Å²) in [6, 6.07) is 0. The lowest BCUT2D eigenvalue weighted by molar-refractivity contribution is -0.189. The van der Waals surface area contributed by atoms with Crippen LogP contribution < -0.4 is 0 Å². The Morgan fingerprint density at radius 2 is 2.05 bits per heavy atom. The van der Waals surface area contributed by atoms with Gasteiger partial charge in [-0.25, -0.2) is 4.98 Å². The second-order valence-electron chi connectivity index (χ2n) is 4.83. The average Bonchev–Trinajstić information content (AvgIpc) is 3.09. The largest absolute Gasteiger partial charge is 0.392 e. The van der Waals surface area contributed by atoms with E-state index < -0.39 is 18.0 Å². The van der Waals surface area contributed by atoms with Crippen LogP contribution in [0.25, 0.3) is 11.6 Å². The fourth-order valence-electron chi connectivity index (χ4n) is 2.61. The van der Waals surface area contributed by atoms with Crippen molar-refractivity contribution in [3.8, 4) is 11.6 Å². The van der Waals surface area contributed by atoms with E-state index in [1.807, 2.05) is 0 Å². The van der Waals surface area contributed by atoms with Gasteiger partial charge in [-0.15, -0.1) is 0 Å². The van der Waals surface area contributed by atoms with Gasteiger partial charge in [-0.2, -0.15) is 23.3 Å². The van der Waals surface area contributed by atoms with Gasteiger partial charge in [0.15, 0.2) is 5.82 Å². The number of nitrogens with zero attached hydrogens (tertiary/aromatic N) is 4. The molecule has 108 valence electrons. The van der Waals surface area contributed by atoms with Crippen molar-refractivity contribution in [2.24, 2.45) is 5.92 Å². The fraction of sp³-hybridized carbons (Fsp3) is 0.636. The van der Waals surface area contributed by atoms with Gasteiger partial charge in [0.1, 0.15) is 6.33 Å². The van der Waals surface area contributed by atoms with Gasteiger partial charge in [0.25, 0.3) is 0 Å². The first-order valence-electron chi connectivity index (χ1n) is 6.32. The summed E-state index contributed by atoms with van der Waals surface area (Å²) in [5.74, 6) is -1.76. The van der Waals surface area contributed by atoms with E-state index in [1.165, 1.54) is 6.33 Å². The van der Waals surface area contributed by atoms with E-state index in [-0.39, 0.29) is 24.0 Å². The van der Waals surface area contributed by atoms with Gasteiger partial charge in [-0.05, 0) is 12.8 Å². The number of aromatic nitrogens is 5. The Hall–Kier alpha value is -1.93. The fourth-order valence-corrected chi connectivity index (χ4v) is 2.61. The zero-order valence-corrected chi connectivity index (χ0v) is 10.4. The molecule has 2 aromatic rings. The molecule has 2 heterocycles. The molecule has 1 aliphatic carbocycles. The van der Waals surface area contributed by atoms with Crippen molar-refractivity contribution in [2.75, 3.05) is 0 Å². The van der Waals surface area contributed by atoms with Crippen LogP contribution in [0, 0.1) is 5.92 Å². The van der Waals surface area contributed by atoms with Crippen LogP contribution in [0.15, 0.2) is 10.9 Å². The Kier molecular flexibility index (Phi) is 3.19. The Bertz CT molecular complexity index is 565. The van der Waals surface area contributed by atoms with E-state index in [0.717, 1.165) is 6.42 Å². The molecular weight excluding hydrogens is 275 g/mol. The smallest absolute Gasteiger partial charge is 0.339 e. The van der Waals surface area contributed by atoms with Gasteiger partial charge < -0.3 is 4.52 Å². The third-order valence-electron chi connectivity index (χ3n) is 3.57. The molecule has 20 heavy (non-hydrogen) atoms. The summed E-state index contributed by atoms with van der Waals surface area (Å²) in [7, 11) is 0. The summed E-state index contributed by atoms with van der Waals surface area (Å²) in [5.41, 5.74) is 0. The number of H-pyrrole nitrogens is 1. The minimum Gasteiger partial charge on any atom is -0.339 e. The molecule has 0 spiro atoms. The maximum atomic E-state index is 13.0. The van der Waals surface area contributed by atoms with Crippen LogP contribution in [-0.2, 0) is 0 Å². The minimum absolute atomic E-state index is 0.0263. The van der Waals surface area contributed by atoms with Crippen LogP contribution in [-0.4, -0.2) is 31.5 Å². The van der Waals surface area contributed by atoms with Crippen LogP contribution in [0.3, 0.4) is 0 Å². The number of aromatic amines is 1. The third kappa shape index (κ3) is 2.39. The van der Waals surface area contributed by atoms with E-state index in [9.17, 15) is 13.2 Å². The second kappa shape index (κ2) is 4.88. The van der Waals surface area contributed by atoms with Crippen LogP contribution in [0.2, 0.25) is 0 Å². The van der Waals surface area contributed by atoms with Crippen molar-refractivity contribution in [2.45, 2.75) is 37.8 Å². The van der Waals surface area contributed by atoms with Crippen molar-refractivity contribution in [1.82, 2.24) is 25.3 Å². The summed E-state index contributed by atoms with van der Waals surface area (Å²) in [6.45, 7) is 0. The van der Waals surface area contributed by atoms with Crippen LogP contribution in [0.1, 0.15) is 37.5 Å². The molecule has 1 saturated carbocycles. The Balaban J connectivity index is 1.87. The Morgan fingerprint density at radius 1 is 1.25 bits per heavy atom. The van der Waals surface area contributed by atoms with Crippen molar-refractivity contribution in [3.63, 3.8) is 0 Å². The number of halogens is 3. The molecule has 2 unspecified atom stereocenters. The number of hydrogen-bond acceptors (Lipinski definition) is 5. The van der Waals surface area contributed by atoms with Gasteiger partial charge in [0, 0.05) is 5.92 Å². The summed E-state index contributed by atoms with van der Waals surface area (Å²) in [5, 5.41) is 9.84. The summed E-state index contributed by atoms with van der Waals surface area (Å²) in [6.07, 6.45) is -1.16. The first-order chi connectivity index (χ1) is 9.55. The van der Waals surface area contributed by atoms with Crippen molar-refractivity contribution in [3.05, 3.63) is 12.2 Å². The molecule has 0 aromatic carbocycles. The first kappa shape index (κ1) is 13.1. The monoisotopic (exact) mass is 287 g/mol. The van der Waals surface area contributed by atoms with Crippen molar-refractivity contribution in [1.29, 1.82) is 0 Å². The molecule has 2 aromatic heterocycles. The molecule has 0 radical (unpaired) electrons. The molecule has 0 amide bonds. The predicted octanol–water partition coefficient (Wildman–Crippen LogP) is 2.69. The average molecular weight is 287 g/mol. The standard InChI is InChI=1S/C11H12F3N5O/c12-11(13,14)7-4-2-1-3-6(7)10-17-9(19-20-10)8-15-5-16-18-8/h5-7H,1-4H2,(H,15,16,18). The molecule has 0 aliphatic heterocycles. The summed E-state index contributed by atoms with van der Waals surface area (Å²) < 4.78 is 44.1. The molecule has 9 heteroatoms. The van der Waals surface area contributed by atoms with Crippen LogP contribution in [0.5, 0.6) is 0 Å². The lowest BCUT2D eigenvalue weighted by Crippen LogP contribution is -2.31. The maximum Gasteiger partial charge on any atom is 0.392 e. The van der Waals surface area contributed by atoms with E-state index >= 15 is 0 Å². The zero-order valence-electron chi connectivity index (χ0n) is 10.4. The molecule has 1 aliphatic rings. The maximum absolute atomic E-state index is 13.0. The first-order valence-corrected chi connectivity index (χ1v) is 6.32. The van der Waals surface area contributed by atoms with Gasteiger partial charge in [-0.3, -0.25) is 5.10 Å². The normalized spacial score (nSPS) is 23.9. The highest BCUT2D eigenvalue weighted by Crippen LogP contribution is 2.46. The molecule has 3 rings (SSSR count). The summed E-state index contributed by atoms with van der Waals surface area (Å²) in [4.78, 5) is 7.87. The number of nitrogens with one attached hydrogen (secondary N) is 1. The topological polar surface area (TPSA) is 80.5 Å². The van der Waals surface area contributed by atoms with E-state index in [4.69, 9.17) is 4.52 Å². The van der Waals surface area contributed by atoms with Gasteiger partial charge in [0.05, 0.1) is 5.92 Å². The molecule has 1 fully saturated rings. The Morgan fingerprint density at radius 3 is 2.75 bits per heavy atom. The third-order valence-corrected chi connectivity index (χ3v) is 3.57. The molecule has 6 nitrogen and oxygen atoms in total. The molecule has 0 bridgehead atoms. The van der Waals surface area contributed by atoms with Gasteiger partial charge in [0.2, 0.25) is 11.7 Å². The molecule has 0 saturated heterocycles. The number of rotatable bonds is 2. The van der Waals surface area contributed by atoms with E-state index in [2.05, 4.69) is 25.3 Å². The van der Waals surface area contributed by atoms with E-state index in [0.29, 0.717) is 12.8 Å². The van der Waals surface area contributed by atoms with Crippen molar-refractivity contribution < 1.29 is 17.7 Å². The molecular formula is C11H12F3N5O. The highest BCUT2D eigenvalue weighted by atomic mass is 19.4. The van der Waals surface area contributed by atoms with Crippen LogP contribution >= 0.6 is 0 Å². The molecule has 1 N–H and O–H groups in total. The van der Waals surface area contributed by atoms with Crippen molar-refractivity contribution >= 4 is 0 Å². The molecule has 2 atom stereocenters. The quantitative estimate of drug-likeness (QED) is 0.918. The van der Waals surface area contributed by atoms with Gasteiger partial charge >= 0.3 is 6.18 Å². The van der Waals surface area contributed by atoms with Gasteiger partial charge in [-0.1, -0.05) is 18.0 Å². The number of alkyl halides is 3. The lowest BCUT2D eigenvalue weighted by Gasteiger charge is -2.30. The second-order valence-corrected chi connectivity index (χ2v) is 4.83. The lowest BCUT2D eigenvalue weighted by atomic mass is 9.78. The predicted molar refractivity (Wildman–Crippen MR) is 60.4 cm³/mol. The zero-order chi connectivity index (χ0) is 14.2. The highest BCUT2D eigenvalue weighted by Gasteiger charge is 2.47. The minimum atomic E-state index is -4.24. The van der Waals surface area contributed by atoms with Crippen LogP contribution in [0.4, 0.5) is 13.2 Å². The summed E-state index contributed by atoms with van der Waals surface area (Å²) >= 11 is 0. The highest BCUT2D eigenvalue weighted by molar-refractivity contribution is 5.39. The Labute approximate surface area is 111 Å².